The summed E-state index contributed by atoms with van der Waals surface area (Å²) in [5.41, 5.74) is 0.362. The highest BCUT2D eigenvalue weighted by molar-refractivity contribution is 5.91. The van der Waals surface area contributed by atoms with Crippen LogP contribution in [0.1, 0.15) is 25.0 Å². The molecule has 0 spiro atoms. The minimum absolute atomic E-state index is 0.0742. The van der Waals surface area contributed by atoms with Crippen LogP contribution in [-0.2, 0) is 17.5 Å². The Balaban J connectivity index is 1.89. The van der Waals surface area contributed by atoms with E-state index in [1.165, 1.54) is 18.2 Å². The number of anilines is 2. The zero-order valence-electron chi connectivity index (χ0n) is 16.0. The molecule has 0 heterocycles. The molecule has 0 fully saturated rings. The van der Waals surface area contributed by atoms with E-state index in [0.29, 0.717) is 16.9 Å². The number of nitrogens with one attached hydrogen (secondary N) is 3. The average Bonchev–Trinajstić information content (AvgIpc) is 2.64. The van der Waals surface area contributed by atoms with E-state index in [0.717, 1.165) is 12.1 Å². The first-order chi connectivity index (χ1) is 13.6. The lowest BCUT2D eigenvalue weighted by Crippen LogP contribution is -2.28. The molecule has 0 unspecified atom stereocenters. The number of hydrogen-bond donors (Lipinski definition) is 3. The molecule has 0 bridgehead atoms. The van der Waals surface area contributed by atoms with Crippen LogP contribution in [0, 0.1) is 5.92 Å². The molecule has 0 aromatic heterocycles. The van der Waals surface area contributed by atoms with Crippen LogP contribution < -0.4 is 16.0 Å². The lowest BCUT2D eigenvalue weighted by Gasteiger charge is -2.12. The smallest absolute Gasteiger partial charge is 0.416 e. The summed E-state index contributed by atoms with van der Waals surface area (Å²) < 4.78 is 43.2. The number of hydrogen-bond acceptors (Lipinski definition) is 3. The number of urea groups is 1. The second-order valence-electron chi connectivity index (χ2n) is 6.70. The Hall–Kier alpha value is -3.23. The van der Waals surface area contributed by atoms with E-state index in [4.69, 9.17) is 4.74 Å². The van der Waals surface area contributed by atoms with Gasteiger partial charge < -0.3 is 15.4 Å². The molecule has 0 atom stereocenters. The van der Waals surface area contributed by atoms with Gasteiger partial charge in [0, 0.05) is 17.9 Å². The predicted molar refractivity (Wildman–Crippen MR) is 104 cm³/mol. The Morgan fingerprint density at radius 1 is 1.00 bits per heavy atom. The standard InChI is InChI=1S/C20H22F3N3O3/c1-13(2)12-29-19(28)26-17-8-4-7-16(10-17)25-18(27)24-11-14-5-3-6-15(9-14)20(21,22)23/h3-10,13H,11-12H2,1-2H3,(H,26,28)(H2,24,25,27). The van der Waals surface area contributed by atoms with Crippen molar-refractivity contribution in [2.45, 2.75) is 26.6 Å². The normalized spacial score (nSPS) is 11.1. The Bertz CT molecular complexity index is 854. The quantitative estimate of drug-likeness (QED) is 0.611. The highest BCUT2D eigenvalue weighted by atomic mass is 19.4. The molecule has 0 aliphatic rings. The van der Waals surface area contributed by atoms with Gasteiger partial charge in [-0.05, 0) is 41.8 Å². The number of amides is 3. The molecule has 6 nitrogen and oxygen atoms in total. The predicted octanol–water partition coefficient (Wildman–Crippen LogP) is 5.23. The molecule has 0 saturated heterocycles. The molecule has 0 aliphatic carbocycles. The van der Waals surface area contributed by atoms with Gasteiger partial charge in [-0.1, -0.05) is 32.0 Å². The van der Waals surface area contributed by atoms with Gasteiger partial charge in [-0.2, -0.15) is 13.2 Å². The van der Waals surface area contributed by atoms with Crippen LogP contribution in [0.4, 0.5) is 34.1 Å². The Kier molecular flexibility index (Phi) is 7.46. The van der Waals surface area contributed by atoms with Crippen molar-refractivity contribution in [1.29, 1.82) is 0 Å². The molecule has 2 aromatic rings. The van der Waals surface area contributed by atoms with E-state index >= 15 is 0 Å². The van der Waals surface area contributed by atoms with Crippen molar-refractivity contribution in [2.75, 3.05) is 17.2 Å². The van der Waals surface area contributed by atoms with Gasteiger partial charge in [0.1, 0.15) is 0 Å². The number of carbonyl (C=O) groups excluding carboxylic acids is 2. The molecular formula is C20H22F3N3O3. The first-order valence-electron chi connectivity index (χ1n) is 8.88. The fourth-order valence-electron chi connectivity index (χ4n) is 2.29. The number of halogens is 3. The van der Waals surface area contributed by atoms with E-state index in [2.05, 4.69) is 16.0 Å². The Morgan fingerprint density at radius 2 is 1.66 bits per heavy atom. The molecule has 156 valence electrons. The lowest BCUT2D eigenvalue weighted by atomic mass is 10.1. The van der Waals surface area contributed by atoms with Crippen LogP contribution in [0.25, 0.3) is 0 Å². The summed E-state index contributed by atoms with van der Waals surface area (Å²) >= 11 is 0. The molecule has 2 aromatic carbocycles. The number of benzene rings is 2. The summed E-state index contributed by atoms with van der Waals surface area (Å²) in [4.78, 5) is 23.7. The van der Waals surface area contributed by atoms with Crippen molar-refractivity contribution >= 4 is 23.5 Å². The van der Waals surface area contributed by atoms with E-state index in [1.54, 1.807) is 18.2 Å². The third-order valence-corrected chi connectivity index (χ3v) is 3.62. The Morgan fingerprint density at radius 3 is 2.31 bits per heavy atom. The number of carbonyl (C=O) groups is 2. The summed E-state index contributed by atoms with van der Waals surface area (Å²) in [5, 5.41) is 7.60. The van der Waals surface area contributed by atoms with Gasteiger partial charge in [-0.3, -0.25) is 5.32 Å². The number of rotatable bonds is 6. The third-order valence-electron chi connectivity index (χ3n) is 3.62. The molecule has 0 aliphatic heterocycles. The third kappa shape index (κ3) is 7.73. The SMILES string of the molecule is CC(C)COC(=O)Nc1cccc(NC(=O)NCc2cccc(C(F)(F)F)c2)c1. The maximum atomic E-state index is 12.7. The number of alkyl halides is 3. The molecule has 3 N–H and O–H groups in total. The molecule has 3 amide bonds. The first kappa shape index (κ1) is 22.1. The van der Waals surface area contributed by atoms with Crippen molar-refractivity contribution in [3.63, 3.8) is 0 Å². The molecule has 2 rings (SSSR count). The molecule has 0 saturated carbocycles. The molecule has 29 heavy (non-hydrogen) atoms. The van der Waals surface area contributed by atoms with Gasteiger partial charge in [0.15, 0.2) is 0 Å². The fraction of sp³-hybridized carbons (Fsp3) is 0.300. The highest BCUT2D eigenvalue weighted by Gasteiger charge is 2.30. The minimum Gasteiger partial charge on any atom is -0.449 e. The first-order valence-corrected chi connectivity index (χ1v) is 8.88. The minimum atomic E-state index is -4.44. The van der Waals surface area contributed by atoms with Gasteiger partial charge in [-0.15, -0.1) is 0 Å². The lowest BCUT2D eigenvalue weighted by molar-refractivity contribution is -0.137. The highest BCUT2D eigenvalue weighted by Crippen LogP contribution is 2.29. The van der Waals surface area contributed by atoms with Crippen molar-refractivity contribution < 1.29 is 27.5 Å². The van der Waals surface area contributed by atoms with Crippen molar-refractivity contribution in [3.05, 3.63) is 59.7 Å². The van der Waals surface area contributed by atoms with E-state index in [1.807, 2.05) is 13.8 Å². The van der Waals surface area contributed by atoms with Crippen LogP contribution in [0.3, 0.4) is 0 Å². The summed E-state index contributed by atoms with van der Waals surface area (Å²) in [6, 6.07) is 10.5. The molecule has 9 heteroatoms. The average molecular weight is 409 g/mol. The van der Waals surface area contributed by atoms with Gasteiger partial charge in [0.25, 0.3) is 0 Å². The monoisotopic (exact) mass is 409 g/mol. The second-order valence-corrected chi connectivity index (χ2v) is 6.70. The zero-order valence-corrected chi connectivity index (χ0v) is 16.0. The van der Waals surface area contributed by atoms with Crippen LogP contribution in [0.2, 0.25) is 0 Å². The molecule has 0 radical (unpaired) electrons. The van der Waals surface area contributed by atoms with Crippen molar-refractivity contribution in [3.8, 4) is 0 Å². The maximum absolute atomic E-state index is 12.7. The van der Waals surface area contributed by atoms with Gasteiger partial charge in [-0.25, -0.2) is 9.59 Å². The van der Waals surface area contributed by atoms with E-state index < -0.39 is 23.9 Å². The van der Waals surface area contributed by atoms with E-state index in [9.17, 15) is 22.8 Å². The molecular weight excluding hydrogens is 387 g/mol. The summed E-state index contributed by atoms with van der Waals surface area (Å²) in [7, 11) is 0. The summed E-state index contributed by atoms with van der Waals surface area (Å²) in [6.45, 7) is 4.03. The Labute approximate surface area is 166 Å². The second kappa shape index (κ2) is 9.81. The van der Waals surface area contributed by atoms with Crippen LogP contribution in [-0.4, -0.2) is 18.7 Å². The van der Waals surface area contributed by atoms with E-state index in [-0.39, 0.29) is 19.1 Å². The van der Waals surface area contributed by atoms with Crippen LogP contribution in [0.15, 0.2) is 48.5 Å². The maximum Gasteiger partial charge on any atom is 0.416 e. The van der Waals surface area contributed by atoms with Gasteiger partial charge in [0.2, 0.25) is 0 Å². The van der Waals surface area contributed by atoms with Crippen LogP contribution >= 0.6 is 0 Å². The van der Waals surface area contributed by atoms with Crippen LogP contribution in [0.5, 0.6) is 0 Å². The van der Waals surface area contributed by atoms with Crippen molar-refractivity contribution in [1.82, 2.24) is 5.32 Å². The largest absolute Gasteiger partial charge is 0.449 e. The zero-order chi connectivity index (χ0) is 21.4. The summed E-state index contributed by atoms with van der Waals surface area (Å²) in [5.74, 6) is 0.203. The van der Waals surface area contributed by atoms with Gasteiger partial charge >= 0.3 is 18.3 Å². The fourth-order valence-corrected chi connectivity index (χ4v) is 2.29. The van der Waals surface area contributed by atoms with Crippen molar-refractivity contribution in [2.24, 2.45) is 5.92 Å². The summed E-state index contributed by atoms with van der Waals surface area (Å²) in [6.07, 6.45) is -5.05. The number of ether oxygens (including phenoxy) is 1. The topological polar surface area (TPSA) is 79.5 Å². The van der Waals surface area contributed by atoms with Gasteiger partial charge in [0.05, 0.1) is 12.2 Å².